The molecule has 0 aliphatic rings. The van der Waals surface area contributed by atoms with E-state index in [1.165, 1.54) is 0 Å². The van der Waals surface area contributed by atoms with E-state index in [-0.39, 0.29) is 11.9 Å². The first-order valence-electron chi connectivity index (χ1n) is 6.96. The number of carbonyl (C=O) groups excluding carboxylic acids is 1. The van der Waals surface area contributed by atoms with Crippen LogP contribution in [-0.2, 0) is 4.79 Å². The molecule has 0 aromatic heterocycles. The van der Waals surface area contributed by atoms with Crippen molar-refractivity contribution in [3.05, 3.63) is 54.6 Å². The van der Waals surface area contributed by atoms with E-state index in [2.05, 4.69) is 10.6 Å². The van der Waals surface area contributed by atoms with Gasteiger partial charge < -0.3 is 15.5 Å². The van der Waals surface area contributed by atoms with Crippen molar-refractivity contribution in [1.82, 2.24) is 0 Å². The van der Waals surface area contributed by atoms with Crippen LogP contribution in [0.4, 0.5) is 17.1 Å². The van der Waals surface area contributed by atoms with Crippen LogP contribution in [0.2, 0.25) is 0 Å². The highest BCUT2D eigenvalue weighted by molar-refractivity contribution is 5.96. The van der Waals surface area contributed by atoms with Gasteiger partial charge in [-0.15, -0.1) is 0 Å². The number of anilines is 3. The Morgan fingerprint density at radius 1 is 1.00 bits per heavy atom. The summed E-state index contributed by atoms with van der Waals surface area (Å²) in [6.07, 6.45) is 0. The van der Waals surface area contributed by atoms with Crippen molar-refractivity contribution in [2.45, 2.75) is 13.0 Å². The van der Waals surface area contributed by atoms with Gasteiger partial charge in [-0.25, -0.2) is 0 Å². The molecule has 2 rings (SSSR count). The predicted molar refractivity (Wildman–Crippen MR) is 88.9 cm³/mol. The lowest BCUT2D eigenvalue weighted by Crippen LogP contribution is -2.31. The van der Waals surface area contributed by atoms with Gasteiger partial charge >= 0.3 is 0 Å². The van der Waals surface area contributed by atoms with Crippen LogP contribution in [0, 0.1) is 0 Å². The van der Waals surface area contributed by atoms with Crippen molar-refractivity contribution in [2.24, 2.45) is 0 Å². The number of carbonyl (C=O) groups is 1. The fraction of sp³-hybridized carbons (Fsp3) is 0.235. The molecular weight excluding hydrogens is 262 g/mol. The maximum Gasteiger partial charge on any atom is 0.246 e. The molecule has 0 spiro atoms. The van der Waals surface area contributed by atoms with E-state index >= 15 is 0 Å². The van der Waals surface area contributed by atoms with Crippen molar-refractivity contribution in [3.8, 4) is 0 Å². The number of nitrogens with zero attached hydrogens (tertiary/aromatic N) is 1. The summed E-state index contributed by atoms with van der Waals surface area (Å²) in [6, 6.07) is 17.1. The second-order valence-corrected chi connectivity index (χ2v) is 5.17. The van der Waals surface area contributed by atoms with Crippen molar-refractivity contribution >= 4 is 23.0 Å². The zero-order valence-electron chi connectivity index (χ0n) is 12.6. The topological polar surface area (TPSA) is 44.4 Å². The molecule has 0 saturated heterocycles. The SMILES string of the molecule is CC(Nc1cccc(N(C)C)c1)C(=O)Nc1ccccc1. The number of nitrogens with one attached hydrogen (secondary N) is 2. The third-order valence-electron chi connectivity index (χ3n) is 3.18. The Kier molecular flexibility index (Phi) is 4.82. The summed E-state index contributed by atoms with van der Waals surface area (Å²) < 4.78 is 0. The molecule has 4 heteroatoms. The molecule has 0 radical (unpaired) electrons. The highest BCUT2D eigenvalue weighted by Crippen LogP contribution is 2.18. The van der Waals surface area contributed by atoms with Gasteiger partial charge in [0, 0.05) is 31.2 Å². The molecule has 21 heavy (non-hydrogen) atoms. The summed E-state index contributed by atoms with van der Waals surface area (Å²) >= 11 is 0. The molecule has 2 N–H and O–H groups in total. The molecule has 0 saturated carbocycles. The van der Waals surface area contributed by atoms with Crippen LogP contribution >= 0.6 is 0 Å². The van der Waals surface area contributed by atoms with Crippen LogP contribution in [0.3, 0.4) is 0 Å². The van der Waals surface area contributed by atoms with Gasteiger partial charge in [-0.3, -0.25) is 4.79 Å². The summed E-state index contributed by atoms with van der Waals surface area (Å²) in [5.41, 5.74) is 2.82. The second-order valence-electron chi connectivity index (χ2n) is 5.17. The number of hydrogen-bond donors (Lipinski definition) is 2. The highest BCUT2D eigenvalue weighted by atomic mass is 16.2. The second kappa shape index (κ2) is 6.79. The van der Waals surface area contributed by atoms with E-state index in [1.807, 2.05) is 80.5 Å². The Morgan fingerprint density at radius 2 is 1.67 bits per heavy atom. The molecule has 110 valence electrons. The summed E-state index contributed by atoms with van der Waals surface area (Å²) in [5, 5.41) is 6.11. The zero-order valence-corrected chi connectivity index (χ0v) is 12.6. The molecule has 0 fully saturated rings. The first kappa shape index (κ1) is 14.9. The molecule has 1 amide bonds. The molecule has 4 nitrogen and oxygen atoms in total. The maximum atomic E-state index is 12.2. The minimum absolute atomic E-state index is 0.0588. The average Bonchev–Trinajstić information content (AvgIpc) is 2.48. The van der Waals surface area contributed by atoms with Crippen molar-refractivity contribution in [1.29, 1.82) is 0 Å². The fourth-order valence-corrected chi connectivity index (χ4v) is 1.96. The Labute approximate surface area is 125 Å². The van der Waals surface area contributed by atoms with Crippen LogP contribution in [0.25, 0.3) is 0 Å². The molecule has 2 aromatic carbocycles. The van der Waals surface area contributed by atoms with E-state index in [4.69, 9.17) is 0 Å². The third kappa shape index (κ3) is 4.24. The molecule has 0 aliphatic carbocycles. The summed E-state index contributed by atoms with van der Waals surface area (Å²) in [4.78, 5) is 14.2. The first-order valence-corrected chi connectivity index (χ1v) is 6.96. The number of hydrogen-bond acceptors (Lipinski definition) is 3. The summed E-state index contributed by atoms with van der Waals surface area (Å²) in [5.74, 6) is -0.0588. The summed E-state index contributed by atoms with van der Waals surface area (Å²) in [7, 11) is 3.98. The average molecular weight is 283 g/mol. The third-order valence-corrected chi connectivity index (χ3v) is 3.18. The van der Waals surface area contributed by atoms with Crippen LogP contribution in [0.15, 0.2) is 54.6 Å². The zero-order chi connectivity index (χ0) is 15.2. The number of rotatable bonds is 5. The number of benzene rings is 2. The van der Waals surface area contributed by atoms with Crippen LogP contribution < -0.4 is 15.5 Å². The molecule has 1 unspecified atom stereocenters. The van der Waals surface area contributed by atoms with Gasteiger partial charge in [-0.2, -0.15) is 0 Å². The molecule has 0 heterocycles. The van der Waals surface area contributed by atoms with Gasteiger partial charge in [0.25, 0.3) is 0 Å². The molecule has 0 aliphatic heterocycles. The number of para-hydroxylation sites is 1. The van der Waals surface area contributed by atoms with Crippen molar-refractivity contribution < 1.29 is 4.79 Å². The van der Waals surface area contributed by atoms with Gasteiger partial charge in [-0.1, -0.05) is 24.3 Å². The van der Waals surface area contributed by atoms with Gasteiger partial charge in [0.2, 0.25) is 5.91 Å². The van der Waals surface area contributed by atoms with E-state index in [0.29, 0.717) is 0 Å². The summed E-state index contributed by atoms with van der Waals surface area (Å²) in [6.45, 7) is 1.85. The Morgan fingerprint density at radius 3 is 2.33 bits per heavy atom. The van der Waals surface area contributed by atoms with Crippen LogP contribution in [0.1, 0.15) is 6.92 Å². The first-order chi connectivity index (χ1) is 10.1. The standard InChI is InChI=1S/C17H21N3O/c1-13(17(21)19-14-8-5-4-6-9-14)18-15-10-7-11-16(12-15)20(2)3/h4-13,18H,1-3H3,(H,19,21). The number of amides is 1. The minimum atomic E-state index is -0.317. The van der Waals surface area contributed by atoms with Gasteiger partial charge in [-0.05, 0) is 37.3 Å². The lowest BCUT2D eigenvalue weighted by molar-refractivity contribution is -0.116. The smallest absolute Gasteiger partial charge is 0.246 e. The van der Waals surface area contributed by atoms with E-state index in [1.54, 1.807) is 0 Å². The van der Waals surface area contributed by atoms with Crippen LogP contribution in [-0.4, -0.2) is 26.0 Å². The van der Waals surface area contributed by atoms with Gasteiger partial charge in [0.1, 0.15) is 6.04 Å². The van der Waals surface area contributed by atoms with Crippen molar-refractivity contribution in [3.63, 3.8) is 0 Å². The minimum Gasteiger partial charge on any atom is -0.378 e. The molecule has 1 atom stereocenters. The van der Waals surface area contributed by atoms with E-state index in [9.17, 15) is 4.79 Å². The maximum absolute atomic E-state index is 12.2. The molecule has 2 aromatic rings. The Bertz CT molecular complexity index is 596. The lowest BCUT2D eigenvalue weighted by Gasteiger charge is -2.18. The quantitative estimate of drug-likeness (QED) is 0.885. The van der Waals surface area contributed by atoms with Gasteiger partial charge in [0.05, 0.1) is 0 Å². The monoisotopic (exact) mass is 283 g/mol. The van der Waals surface area contributed by atoms with E-state index < -0.39 is 0 Å². The largest absolute Gasteiger partial charge is 0.378 e. The van der Waals surface area contributed by atoms with E-state index in [0.717, 1.165) is 17.1 Å². The normalized spacial score (nSPS) is 11.6. The fourth-order valence-electron chi connectivity index (χ4n) is 1.96. The predicted octanol–water partition coefficient (Wildman–Crippen LogP) is 3.19. The highest BCUT2D eigenvalue weighted by Gasteiger charge is 2.12. The molecular formula is C17H21N3O. The van der Waals surface area contributed by atoms with Crippen molar-refractivity contribution in [2.75, 3.05) is 29.6 Å². The van der Waals surface area contributed by atoms with Crippen LogP contribution in [0.5, 0.6) is 0 Å². The van der Waals surface area contributed by atoms with Gasteiger partial charge in [0.15, 0.2) is 0 Å². The lowest BCUT2D eigenvalue weighted by atomic mass is 10.2. The Hall–Kier alpha value is -2.49. The molecule has 0 bridgehead atoms. The Balaban J connectivity index is 1.99.